The predicted molar refractivity (Wildman–Crippen MR) is 89.8 cm³/mol. The van der Waals surface area contributed by atoms with Gasteiger partial charge >= 0.3 is 0 Å². The SMILES string of the molecule is CCC(NC(=O)c1cnc2ccnn2c1C)c1nc(C)c(C)s1. The van der Waals surface area contributed by atoms with E-state index in [1.54, 1.807) is 28.2 Å². The lowest BCUT2D eigenvalue weighted by Crippen LogP contribution is -2.29. The van der Waals surface area contributed by atoms with Crippen LogP contribution in [0.25, 0.3) is 5.65 Å². The highest BCUT2D eigenvalue weighted by Gasteiger charge is 2.20. The first kappa shape index (κ1) is 15.6. The van der Waals surface area contributed by atoms with Gasteiger partial charge in [-0.1, -0.05) is 6.92 Å². The third-order valence-corrected chi connectivity index (χ3v) is 5.14. The van der Waals surface area contributed by atoms with Crippen LogP contribution in [0.3, 0.4) is 0 Å². The minimum Gasteiger partial charge on any atom is -0.343 e. The van der Waals surface area contributed by atoms with Gasteiger partial charge in [0.1, 0.15) is 5.01 Å². The van der Waals surface area contributed by atoms with E-state index < -0.39 is 0 Å². The van der Waals surface area contributed by atoms with Crippen molar-refractivity contribution in [2.45, 2.75) is 40.2 Å². The van der Waals surface area contributed by atoms with Crippen molar-refractivity contribution in [2.75, 3.05) is 0 Å². The van der Waals surface area contributed by atoms with Crippen molar-refractivity contribution < 1.29 is 4.79 Å². The van der Waals surface area contributed by atoms with Crippen LogP contribution in [0.4, 0.5) is 0 Å². The minimum atomic E-state index is -0.148. The summed E-state index contributed by atoms with van der Waals surface area (Å²) in [5.41, 5.74) is 3.06. The first-order valence-corrected chi connectivity index (χ1v) is 8.37. The van der Waals surface area contributed by atoms with Crippen LogP contribution in [0.2, 0.25) is 0 Å². The molecule has 0 radical (unpaired) electrons. The van der Waals surface area contributed by atoms with E-state index in [-0.39, 0.29) is 11.9 Å². The summed E-state index contributed by atoms with van der Waals surface area (Å²) in [5, 5.41) is 8.21. The van der Waals surface area contributed by atoms with Crippen molar-refractivity contribution >= 4 is 22.9 Å². The van der Waals surface area contributed by atoms with Gasteiger partial charge in [0.25, 0.3) is 5.91 Å². The van der Waals surface area contributed by atoms with Crippen LogP contribution in [0.15, 0.2) is 18.5 Å². The molecule has 0 saturated carbocycles. The molecule has 0 bridgehead atoms. The van der Waals surface area contributed by atoms with Crippen LogP contribution >= 0.6 is 11.3 Å². The smallest absolute Gasteiger partial charge is 0.255 e. The van der Waals surface area contributed by atoms with Crippen LogP contribution in [0.1, 0.15) is 51.0 Å². The summed E-state index contributed by atoms with van der Waals surface area (Å²) in [6, 6.07) is 1.72. The third kappa shape index (κ3) is 2.84. The van der Waals surface area contributed by atoms with E-state index in [4.69, 9.17) is 0 Å². The van der Waals surface area contributed by atoms with E-state index in [9.17, 15) is 4.79 Å². The Morgan fingerprint density at radius 1 is 1.39 bits per heavy atom. The fourth-order valence-electron chi connectivity index (χ4n) is 2.43. The Morgan fingerprint density at radius 2 is 2.17 bits per heavy atom. The summed E-state index contributed by atoms with van der Waals surface area (Å²) in [4.78, 5) is 22.7. The molecule has 1 unspecified atom stereocenters. The summed E-state index contributed by atoms with van der Waals surface area (Å²) in [6.45, 7) is 7.95. The van der Waals surface area contributed by atoms with Gasteiger partial charge in [-0.25, -0.2) is 14.5 Å². The number of hydrogen-bond donors (Lipinski definition) is 1. The van der Waals surface area contributed by atoms with E-state index in [0.29, 0.717) is 5.56 Å². The first-order valence-electron chi connectivity index (χ1n) is 7.55. The standard InChI is InChI=1S/C16H19N5OS/c1-5-13(16-19-9(2)11(4)23-16)20-15(22)12-8-17-14-6-7-18-21(14)10(12)3/h6-8,13H,5H2,1-4H3,(H,20,22). The topological polar surface area (TPSA) is 72.2 Å². The predicted octanol–water partition coefficient (Wildman–Crippen LogP) is 2.99. The second kappa shape index (κ2) is 6.08. The first-order chi connectivity index (χ1) is 11.0. The van der Waals surface area contributed by atoms with Crippen molar-refractivity contribution in [3.05, 3.63) is 45.3 Å². The van der Waals surface area contributed by atoms with E-state index in [2.05, 4.69) is 20.4 Å². The second-order valence-corrected chi connectivity index (χ2v) is 6.72. The number of nitrogens with zero attached hydrogens (tertiary/aromatic N) is 4. The number of fused-ring (bicyclic) bond motifs is 1. The maximum atomic E-state index is 12.7. The van der Waals surface area contributed by atoms with Gasteiger partial charge in [-0.05, 0) is 27.2 Å². The van der Waals surface area contributed by atoms with E-state index in [1.165, 1.54) is 4.88 Å². The molecule has 3 aromatic heterocycles. The fraction of sp³-hybridized carbons (Fsp3) is 0.375. The molecule has 1 N–H and O–H groups in total. The lowest BCUT2D eigenvalue weighted by molar-refractivity contribution is 0.0934. The van der Waals surface area contributed by atoms with Crippen LogP contribution in [-0.4, -0.2) is 25.5 Å². The zero-order valence-corrected chi connectivity index (χ0v) is 14.4. The maximum Gasteiger partial charge on any atom is 0.255 e. The lowest BCUT2D eigenvalue weighted by atomic mass is 10.2. The zero-order valence-electron chi connectivity index (χ0n) is 13.6. The molecule has 0 saturated heterocycles. The van der Waals surface area contributed by atoms with Crippen LogP contribution in [0, 0.1) is 20.8 Å². The maximum absolute atomic E-state index is 12.7. The van der Waals surface area contributed by atoms with Crippen LogP contribution < -0.4 is 5.32 Å². The molecule has 3 heterocycles. The summed E-state index contributed by atoms with van der Waals surface area (Å²) in [5.74, 6) is -0.148. The van der Waals surface area contributed by atoms with E-state index in [1.807, 2.05) is 33.8 Å². The highest BCUT2D eigenvalue weighted by atomic mass is 32.1. The molecule has 0 aliphatic rings. The van der Waals surface area contributed by atoms with Crippen molar-refractivity contribution in [1.82, 2.24) is 24.9 Å². The Balaban J connectivity index is 1.87. The summed E-state index contributed by atoms with van der Waals surface area (Å²) in [6.07, 6.45) is 4.06. The Kier molecular flexibility index (Phi) is 4.12. The molecule has 1 amide bonds. The van der Waals surface area contributed by atoms with E-state index >= 15 is 0 Å². The molecule has 1 atom stereocenters. The molecule has 120 valence electrons. The van der Waals surface area contributed by atoms with Gasteiger partial charge < -0.3 is 5.32 Å². The van der Waals surface area contributed by atoms with Crippen molar-refractivity contribution in [2.24, 2.45) is 0 Å². The Morgan fingerprint density at radius 3 is 2.83 bits per heavy atom. The van der Waals surface area contributed by atoms with Crippen molar-refractivity contribution in [1.29, 1.82) is 0 Å². The fourth-order valence-corrected chi connectivity index (χ4v) is 3.49. The summed E-state index contributed by atoms with van der Waals surface area (Å²) < 4.78 is 1.67. The average molecular weight is 329 g/mol. The number of thiazole rings is 1. The van der Waals surface area contributed by atoms with Gasteiger partial charge in [-0.3, -0.25) is 4.79 Å². The van der Waals surface area contributed by atoms with Crippen molar-refractivity contribution in [3.8, 4) is 0 Å². The number of rotatable bonds is 4. The monoisotopic (exact) mass is 329 g/mol. The van der Waals surface area contributed by atoms with Gasteiger partial charge in [0.15, 0.2) is 5.65 Å². The van der Waals surface area contributed by atoms with Gasteiger partial charge in [0.05, 0.1) is 29.2 Å². The van der Waals surface area contributed by atoms with Gasteiger partial charge in [-0.15, -0.1) is 11.3 Å². The normalized spacial score (nSPS) is 12.5. The lowest BCUT2D eigenvalue weighted by Gasteiger charge is -2.15. The highest BCUT2D eigenvalue weighted by molar-refractivity contribution is 7.11. The second-order valence-electron chi connectivity index (χ2n) is 5.49. The minimum absolute atomic E-state index is 0.0902. The van der Waals surface area contributed by atoms with Crippen LogP contribution in [0.5, 0.6) is 0 Å². The molecule has 0 aliphatic heterocycles. The largest absolute Gasteiger partial charge is 0.343 e. The molecule has 7 heteroatoms. The van der Waals surface area contributed by atoms with Crippen molar-refractivity contribution in [3.63, 3.8) is 0 Å². The highest BCUT2D eigenvalue weighted by Crippen LogP contribution is 2.25. The molecule has 0 fully saturated rings. The average Bonchev–Trinajstić information content (AvgIpc) is 3.13. The van der Waals surface area contributed by atoms with Gasteiger partial charge in [-0.2, -0.15) is 5.10 Å². The number of carbonyl (C=O) groups is 1. The third-order valence-electron chi connectivity index (χ3n) is 3.96. The molecule has 0 aliphatic carbocycles. The number of amides is 1. The van der Waals surface area contributed by atoms with E-state index in [0.717, 1.165) is 28.5 Å². The number of carbonyl (C=O) groups excluding carboxylic acids is 1. The van der Waals surface area contributed by atoms with Gasteiger partial charge in [0.2, 0.25) is 0 Å². The summed E-state index contributed by atoms with van der Waals surface area (Å²) in [7, 11) is 0. The number of nitrogens with one attached hydrogen (secondary N) is 1. The molecule has 23 heavy (non-hydrogen) atoms. The Bertz CT molecular complexity index is 847. The van der Waals surface area contributed by atoms with Crippen LogP contribution in [-0.2, 0) is 0 Å². The molecule has 3 aromatic rings. The zero-order chi connectivity index (χ0) is 16.6. The van der Waals surface area contributed by atoms with Gasteiger partial charge in [0, 0.05) is 17.1 Å². The Hall–Kier alpha value is -2.28. The molecular formula is C16H19N5OS. The number of hydrogen-bond acceptors (Lipinski definition) is 5. The molecular weight excluding hydrogens is 310 g/mol. The quantitative estimate of drug-likeness (QED) is 0.798. The molecule has 0 aromatic carbocycles. The summed E-state index contributed by atoms with van der Waals surface area (Å²) >= 11 is 1.63. The number of aryl methyl sites for hydroxylation is 3. The Labute approximate surface area is 138 Å². The molecule has 6 nitrogen and oxygen atoms in total. The molecule has 0 spiro atoms. The number of aromatic nitrogens is 4. The molecule has 3 rings (SSSR count).